The van der Waals surface area contributed by atoms with Crippen molar-refractivity contribution in [2.75, 3.05) is 7.05 Å². The predicted octanol–water partition coefficient (Wildman–Crippen LogP) is 2.78. The lowest BCUT2D eigenvalue weighted by atomic mass is 9.86. The molecule has 1 fully saturated rings. The van der Waals surface area contributed by atoms with Gasteiger partial charge < -0.3 is 4.90 Å². The highest BCUT2D eigenvalue weighted by atomic mass is 35.5. The van der Waals surface area contributed by atoms with Crippen LogP contribution >= 0.6 is 11.6 Å². The highest BCUT2D eigenvalue weighted by Crippen LogP contribution is 2.27. The van der Waals surface area contributed by atoms with Gasteiger partial charge in [-0.2, -0.15) is 0 Å². The van der Waals surface area contributed by atoms with Gasteiger partial charge in [0.25, 0.3) is 5.91 Å². The Morgan fingerprint density at radius 2 is 1.94 bits per heavy atom. The van der Waals surface area contributed by atoms with Crippen molar-refractivity contribution in [1.82, 2.24) is 15.1 Å². The van der Waals surface area contributed by atoms with Crippen LogP contribution in [0.15, 0.2) is 12.1 Å². The zero-order chi connectivity index (χ0) is 13.1. The summed E-state index contributed by atoms with van der Waals surface area (Å²) in [4.78, 5) is 14.0. The second kappa shape index (κ2) is 5.65. The lowest BCUT2D eigenvalue weighted by molar-refractivity contribution is 0.0672. The molecule has 1 amide bonds. The number of aromatic nitrogens is 2. The summed E-state index contributed by atoms with van der Waals surface area (Å²) < 4.78 is 0. The number of hydrogen-bond acceptors (Lipinski definition) is 3. The van der Waals surface area contributed by atoms with Crippen molar-refractivity contribution in [2.45, 2.75) is 38.6 Å². The first-order valence-electron chi connectivity index (χ1n) is 6.34. The van der Waals surface area contributed by atoms with Crippen molar-refractivity contribution in [2.24, 2.45) is 5.92 Å². The first kappa shape index (κ1) is 13.3. The molecule has 0 spiro atoms. The third-order valence-corrected chi connectivity index (χ3v) is 3.91. The van der Waals surface area contributed by atoms with E-state index in [9.17, 15) is 4.79 Å². The van der Waals surface area contributed by atoms with E-state index >= 15 is 0 Å². The molecule has 1 saturated carbocycles. The van der Waals surface area contributed by atoms with E-state index in [2.05, 4.69) is 17.1 Å². The van der Waals surface area contributed by atoms with Gasteiger partial charge >= 0.3 is 0 Å². The molecule has 18 heavy (non-hydrogen) atoms. The summed E-state index contributed by atoms with van der Waals surface area (Å²) in [6.45, 7) is 2.27. The second-order valence-electron chi connectivity index (χ2n) is 5.07. The van der Waals surface area contributed by atoms with Crippen LogP contribution in [0.1, 0.15) is 43.1 Å². The van der Waals surface area contributed by atoms with Gasteiger partial charge in [-0.25, -0.2) is 0 Å². The Balaban J connectivity index is 2.02. The normalized spacial score (nSPS) is 23.7. The fourth-order valence-electron chi connectivity index (χ4n) is 2.41. The molecule has 0 saturated heterocycles. The monoisotopic (exact) mass is 267 g/mol. The molecule has 0 atom stereocenters. The Bertz CT molecular complexity index is 413. The highest BCUT2D eigenvalue weighted by molar-refractivity contribution is 6.29. The van der Waals surface area contributed by atoms with Crippen LogP contribution in [0, 0.1) is 5.92 Å². The molecule has 2 rings (SSSR count). The van der Waals surface area contributed by atoms with E-state index in [-0.39, 0.29) is 5.91 Å². The molecular weight excluding hydrogens is 250 g/mol. The number of carbonyl (C=O) groups is 1. The van der Waals surface area contributed by atoms with E-state index in [0.717, 1.165) is 18.8 Å². The molecule has 0 N–H and O–H groups in total. The van der Waals surface area contributed by atoms with Gasteiger partial charge in [-0.1, -0.05) is 18.5 Å². The Kier molecular flexibility index (Phi) is 4.17. The maximum Gasteiger partial charge on any atom is 0.274 e. The van der Waals surface area contributed by atoms with Crippen LogP contribution in [0.25, 0.3) is 0 Å². The van der Waals surface area contributed by atoms with Crippen LogP contribution in [0.2, 0.25) is 5.15 Å². The van der Waals surface area contributed by atoms with Crippen molar-refractivity contribution >= 4 is 17.5 Å². The van der Waals surface area contributed by atoms with Crippen LogP contribution in [0.4, 0.5) is 0 Å². The zero-order valence-corrected chi connectivity index (χ0v) is 11.5. The lowest BCUT2D eigenvalue weighted by Crippen LogP contribution is -2.39. The summed E-state index contributed by atoms with van der Waals surface area (Å²) in [6.07, 6.45) is 4.53. The van der Waals surface area contributed by atoms with E-state index in [1.54, 1.807) is 17.0 Å². The molecular formula is C13H18ClN3O. The summed E-state index contributed by atoms with van der Waals surface area (Å²) in [5, 5.41) is 7.85. The van der Waals surface area contributed by atoms with Crippen LogP contribution < -0.4 is 0 Å². The van der Waals surface area contributed by atoms with E-state index < -0.39 is 0 Å². The van der Waals surface area contributed by atoms with Crippen molar-refractivity contribution < 1.29 is 4.79 Å². The van der Waals surface area contributed by atoms with Crippen LogP contribution in [-0.2, 0) is 0 Å². The van der Waals surface area contributed by atoms with E-state index in [1.807, 2.05) is 7.05 Å². The number of nitrogens with zero attached hydrogens (tertiary/aromatic N) is 3. The molecule has 1 aliphatic carbocycles. The molecule has 1 aliphatic rings. The molecule has 1 aromatic heterocycles. The van der Waals surface area contributed by atoms with E-state index in [0.29, 0.717) is 16.9 Å². The summed E-state index contributed by atoms with van der Waals surface area (Å²) >= 11 is 5.66. The average molecular weight is 268 g/mol. The van der Waals surface area contributed by atoms with Gasteiger partial charge in [-0.05, 0) is 43.7 Å². The number of rotatable bonds is 2. The Labute approximate surface area is 112 Å². The Hall–Kier alpha value is -1.16. The molecule has 0 aliphatic heterocycles. The fourth-order valence-corrected chi connectivity index (χ4v) is 2.51. The molecule has 1 aromatic rings. The largest absolute Gasteiger partial charge is 0.337 e. The number of halogens is 1. The van der Waals surface area contributed by atoms with Gasteiger partial charge in [0, 0.05) is 13.1 Å². The molecule has 0 radical (unpaired) electrons. The second-order valence-corrected chi connectivity index (χ2v) is 5.46. The first-order valence-corrected chi connectivity index (χ1v) is 6.72. The van der Waals surface area contributed by atoms with Crippen LogP contribution in [-0.4, -0.2) is 34.1 Å². The third kappa shape index (κ3) is 2.99. The zero-order valence-electron chi connectivity index (χ0n) is 10.8. The summed E-state index contributed by atoms with van der Waals surface area (Å²) in [6, 6.07) is 3.55. The van der Waals surface area contributed by atoms with Gasteiger partial charge in [-0.3, -0.25) is 4.79 Å². The number of amides is 1. The third-order valence-electron chi connectivity index (χ3n) is 3.70. The standard InChI is InChI=1S/C13H18ClN3O/c1-9-3-5-10(6-4-9)17(2)13(18)11-7-8-12(14)16-15-11/h7-10H,3-6H2,1-2H3. The van der Waals surface area contributed by atoms with Gasteiger partial charge in [0.05, 0.1) is 0 Å². The molecule has 0 bridgehead atoms. The molecule has 98 valence electrons. The summed E-state index contributed by atoms with van der Waals surface area (Å²) in [7, 11) is 1.85. The minimum atomic E-state index is -0.0706. The summed E-state index contributed by atoms with van der Waals surface area (Å²) in [5.41, 5.74) is 0.362. The first-order chi connectivity index (χ1) is 8.58. The fraction of sp³-hybridized carbons (Fsp3) is 0.615. The minimum Gasteiger partial charge on any atom is -0.337 e. The SMILES string of the molecule is CC1CCC(N(C)C(=O)c2ccc(Cl)nn2)CC1. The number of carbonyl (C=O) groups excluding carboxylic acids is 1. The summed E-state index contributed by atoms with van der Waals surface area (Å²) in [5.74, 6) is 0.707. The Morgan fingerprint density at radius 3 is 2.50 bits per heavy atom. The van der Waals surface area contributed by atoms with Crippen LogP contribution in [0.5, 0.6) is 0 Å². The topological polar surface area (TPSA) is 46.1 Å². The van der Waals surface area contributed by atoms with Crippen LogP contribution in [0.3, 0.4) is 0 Å². The minimum absolute atomic E-state index is 0.0706. The predicted molar refractivity (Wildman–Crippen MR) is 70.6 cm³/mol. The average Bonchev–Trinajstić information content (AvgIpc) is 2.39. The van der Waals surface area contributed by atoms with Crippen molar-refractivity contribution in [3.05, 3.63) is 23.0 Å². The smallest absolute Gasteiger partial charge is 0.274 e. The molecule has 4 nitrogen and oxygen atoms in total. The van der Waals surface area contributed by atoms with Gasteiger partial charge in [-0.15, -0.1) is 10.2 Å². The van der Waals surface area contributed by atoms with Crippen molar-refractivity contribution in [3.63, 3.8) is 0 Å². The van der Waals surface area contributed by atoms with Crippen molar-refractivity contribution in [1.29, 1.82) is 0 Å². The lowest BCUT2D eigenvalue weighted by Gasteiger charge is -2.33. The molecule has 5 heteroatoms. The molecule has 1 heterocycles. The van der Waals surface area contributed by atoms with E-state index in [4.69, 9.17) is 11.6 Å². The van der Waals surface area contributed by atoms with E-state index in [1.165, 1.54) is 12.8 Å². The van der Waals surface area contributed by atoms with Gasteiger partial charge in [0.1, 0.15) is 0 Å². The van der Waals surface area contributed by atoms with Gasteiger partial charge in [0.2, 0.25) is 0 Å². The quantitative estimate of drug-likeness (QED) is 0.828. The van der Waals surface area contributed by atoms with Gasteiger partial charge in [0.15, 0.2) is 10.8 Å². The maximum atomic E-state index is 12.2. The molecule has 0 aromatic carbocycles. The highest BCUT2D eigenvalue weighted by Gasteiger charge is 2.26. The molecule has 0 unspecified atom stereocenters. The van der Waals surface area contributed by atoms with Crippen molar-refractivity contribution in [3.8, 4) is 0 Å². The number of hydrogen-bond donors (Lipinski definition) is 0. The maximum absolute atomic E-state index is 12.2. The Morgan fingerprint density at radius 1 is 1.28 bits per heavy atom.